The van der Waals surface area contributed by atoms with Crippen LogP contribution in [0.15, 0.2) is 48.4 Å². The summed E-state index contributed by atoms with van der Waals surface area (Å²) in [6.45, 7) is 21.7. The van der Waals surface area contributed by atoms with Gasteiger partial charge in [0, 0.05) is 44.6 Å². The van der Waals surface area contributed by atoms with Crippen LogP contribution in [0.3, 0.4) is 0 Å². The van der Waals surface area contributed by atoms with Crippen molar-refractivity contribution >= 4 is 41.1 Å². The number of rotatable bonds is 9. The number of hydrogen-bond donors (Lipinski definition) is 2. The van der Waals surface area contributed by atoms with Gasteiger partial charge in [-0.25, -0.2) is 9.97 Å². The number of nitriles is 1. The molecule has 0 bridgehead atoms. The highest BCUT2D eigenvalue weighted by Gasteiger charge is 2.43. The van der Waals surface area contributed by atoms with Crippen LogP contribution in [-0.2, 0) is 15.1 Å². The Balaban J connectivity index is 0.00000178. The zero-order valence-corrected chi connectivity index (χ0v) is 27.7. The third-order valence-corrected chi connectivity index (χ3v) is 6.56. The van der Waals surface area contributed by atoms with E-state index >= 15 is 0 Å². The zero-order valence-electron chi connectivity index (χ0n) is 26.9. The molecule has 2 N–H and O–H groups in total. The van der Waals surface area contributed by atoms with Gasteiger partial charge >= 0.3 is 0 Å². The number of hydrogen-bond acceptors (Lipinski definition) is 11. The molecule has 1 aliphatic rings. The molecule has 0 aliphatic carbocycles. The Labute approximate surface area is 260 Å². The summed E-state index contributed by atoms with van der Waals surface area (Å²) in [5, 5.41) is 29.3. The van der Waals surface area contributed by atoms with Crippen molar-refractivity contribution < 1.29 is 14.7 Å². The van der Waals surface area contributed by atoms with Crippen LogP contribution in [-0.4, -0.2) is 87.6 Å². The molecule has 4 heterocycles. The van der Waals surface area contributed by atoms with Gasteiger partial charge in [0.2, 0.25) is 5.95 Å². The van der Waals surface area contributed by atoms with E-state index in [-0.39, 0.29) is 5.54 Å². The lowest BCUT2D eigenvalue weighted by Gasteiger charge is -2.47. The second-order valence-corrected chi connectivity index (χ2v) is 11.2. The highest BCUT2D eigenvalue weighted by Crippen LogP contribution is 2.35. The summed E-state index contributed by atoms with van der Waals surface area (Å²) in [5.41, 5.74) is 2.11. The molecule has 0 spiro atoms. The SMILES string of the molecule is C=C/C(=C\N(C)CC(C)(C)O)Nc1nc(-c2cnn(C3(CC#N)CN(C)C3)c2)c2sccc2n1.C=O.C=O.CC.CCC. The van der Waals surface area contributed by atoms with Crippen LogP contribution in [0.5, 0.6) is 0 Å². The summed E-state index contributed by atoms with van der Waals surface area (Å²) in [6.07, 6.45) is 9.01. The first-order valence-electron chi connectivity index (χ1n) is 14.0. The average Bonchev–Trinajstić information content (AvgIpc) is 3.65. The first-order valence-corrected chi connectivity index (χ1v) is 14.9. The minimum Gasteiger partial charge on any atom is -0.389 e. The number of carbonyl (C=O) groups is 2. The van der Waals surface area contributed by atoms with Crippen LogP contribution in [0.1, 0.15) is 54.4 Å². The Kier molecular flexibility index (Phi) is 17.5. The van der Waals surface area contributed by atoms with Gasteiger partial charge < -0.3 is 29.8 Å². The van der Waals surface area contributed by atoms with E-state index in [1.807, 2.05) is 81.1 Å². The number of fused-ring (bicyclic) bond motifs is 1. The summed E-state index contributed by atoms with van der Waals surface area (Å²) in [6, 6.07) is 4.28. The molecule has 12 heteroatoms. The average molecular weight is 613 g/mol. The number of likely N-dealkylation sites (tertiary alicyclic amines) is 1. The third kappa shape index (κ3) is 11.4. The molecule has 0 unspecified atom stereocenters. The molecule has 0 saturated carbocycles. The fourth-order valence-corrected chi connectivity index (χ4v) is 5.26. The number of allylic oxidation sites excluding steroid dienone is 1. The fourth-order valence-electron chi connectivity index (χ4n) is 4.42. The normalized spacial score (nSPS) is 13.5. The molecular weight excluding hydrogens is 564 g/mol. The van der Waals surface area contributed by atoms with Gasteiger partial charge in [-0.2, -0.15) is 10.4 Å². The molecule has 3 aromatic heterocycles. The van der Waals surface area contributed by atoms with E-state index < -0.39 is 5.60 Å². The fraction of sp³-hybridized carbons (Fsp3) is 0.484. The maximum absolute atomic E-state index is 10.1. The molecule has 0 amide bonds. The maximum atomic E-state index is 10.1. The van der Waals surface area contributed by atoms with E-state index in [9.17, 15) is 10.4 Å². The maximum Gasteiger partial charge on any atom is 0.228 e. The number of thiophene rings is 1. The third-order valence-electron chi connectivity index (χ3n) is 5.65. The Morgan fingerprint density at radius 3 is 2.37 bits per heavy atom. The number of anilines is 1. The number of likely N-dealkylation sites (N-methyl/N-ethyl adjacent to an activating group) is 2. The second kappa shape index (κ2) is 19.3. The minimum atomic E-state index is -0.824. The molecule has 1 fully saturated rings. The summed E-state index contributed by atoms with van der Waals surface area (Å²) < 4.78 is 2.90. The van der Waals surface area contributed by atoms with E-state index in [0.717, 1.165) is 34.6 Å². The number of aliphatic hydroxyl groups is 1. The quantitative estimate of drug-likeness (QED) is 0.305. The van der Waals surface area contributed by atoms with Crippen molar-refractivity contribution in [3.8, 4) is 17.3 Å². The van der Waals surface area contributed by atoms with Crippen molar-refractivity contribution in [2.75, 3.05) is 39.0 Å². The number of carbonyl (C=O) groups excluding carboxylic acids is 2. The molecule has 1 saturated heterocycles. The van der Waals surface area contributed by atoms with Gasteiger partial charge in [0.15, 0.2) is 0 Å². The molecule has 236 valence electrons. The van der Waals surface area contributed by atoms with Crippen molar-refractivity contribution in [2.24, 2.45) is 0 Å². The van der Waals surface area contributed by atoms with Gasteiger partial charge in [0.1, 0.15) is 19.1 Å². The first-order chi connectivity index (χ1) is 20.5. The van der Waals surface area contributed by atoms with Crippen molar-refractivity contribution in [3.05, 3.63) is 48.4 Å². The highest BCUT2D eigenvalue weighted by atomic mass is 32.1. The topological polar surface area (TPSA) is 140 Å². The number of aromatic nitrogens is 4. The van der Waals surface area contributed by atoms with Gasteiger partial charge in [-0.1, -0.05) is 40.7 Å². The Hall–Kier alpha value is -3.92. The second-order valence-electron chi connectivity index (χ2n) is 10.3. The van der Waals surface area contributed by atoms with Crippen LogP contribution >= 0.6 is 11.3 Å². The van der Waals surface area contributed by atoms with Crippen LogP contribution in [0.4, 0.5) is 5.95 Å². The number of nitrogens with one attached hydrogen (secondary N) is 1. The minimum absolute atomic E-state index is 0.297. The molecular formula is C31H48N8O3S. The van der Waals surface area contributed by atoms with E-state index in [1.165, 1.54) is 6.42 Å². The lowest BCUT2D eigenvalue weighted by atomic mass is 9.87. The van der Waals surface area contributed by atoms with Crippen LogP contribution in [0, 0.1) is 11.3 Å². The van der Waals surface area contributed by atoms with Crippen LogP contribution < -0.4 is 5.32 Å². The molecule has 3 aromatic rings. The van der Waals surface area contributed by atoms with Crippen LogP contribution in [0.25, 0.3) is 21.5 Å². The first kappa shape index (κ1) is 39.1. The van der Waals surface area contributed by atoms with Crippen molar-refractivity contribution in [1.29, 1.82) is 5.26 Å². The molecule has 0 atom stereocenters. The van der Waals surface area contributed by atoms with E-state index in [0.29, 0.717) is 24.6 Å². The zero-order chi connectivity index (χ0) is 33.2. The van der Waals surface area contributed by atoms with E-state index in [1.54, 1.807) is 31.3 Å². The smallest absolute Gasteiger partial charge is 0.228 e. The highest BCUT2D eigenvalue weighted by molar-refractivity contribution is 7.17. The summed E-state index contributed by atoms with van der Waals surface area (Å²) in [7, 11) is 3.93. The molecule has 1 aliphatic heterocycles. The van der Waals surface area contributed by atoms with Gasteiger partial charge in [-0.15, -0.1) is 11.3 Å². The van der Waals surface area contributed by atoms with Crippen LogP contribution in [0.2, 0.25) is 0 Å². The van der Waals surface area contributed by atoms with E-state index in [4.69, 9.17) is 14.6 Å². The molecule has 4 rings (SSSR count). The standard InChI is InChI=1S/C24H30N8OS.C3H8.C2H6.2CH2O/c1-6-18(13-30(4)14-23(2,3)33)27-22-28-19-7-10-34-21(19)20(29-22)17-11-26-32(12-17)24(8-9-25)15-31(5)16-24;1-3-2;3*1-2/h6-7,10-13,33H,1,8,14-16H2,2-5H3,(H,27,28,29);3H2,1-2H3;1-2H3;2*1H2/b18-13+;;;;. The summed E-state index contributed by atoms with van der Waals surface area (Å²) in [4.78, 5) is 29.6. The van der Waals surface area contributed by atoms with Gasteiger partial charge in [0.25, 0.3) is 0 Å². The predicted molar refractivity (Wildman–Crippen MR) is 177 cm³/mol. The van der Waals surface area contributed by atoms with Crippen molar-refractivity contribution in [3.63, 3.8) is 0 Å². The van der Waals surface area contributed by atoms with Crippen molar-refractivity contribution in [2.45, 2.75) is 65.5 Å². The monoisotopic (exact) mass is 612 g/mol. The summed E-state index contributed by atoms with van der Waals surface area (Å²) >= 11 is 1.59. The largest absolute Gasteiger partial charge is 0.389 e. The lowest BCUT2D eigenvalue weighted by molar-refractivity contribution is -0.0987. The predicted octanol–water partition coefficient (Wildman–Crippen LogP) is 5.32. The van der Waals surface area contributed by atoms with Crippen molar-refractivity contribution in [1.82, 2.24) is 29.5 Å². The molecule has 43 heavy (non-hydrogen) atoms. The Morgan fingerprint density at radius 1 is 1.26 bits per heavy atom. The van der Waals surface area contributed by atoms with Gasteiger partial charge in [0.05, 0.1) is 45.9 Å². The molecule has 0 radical (unpaired) electrons. The molecule has 0 aromatic carbocycles. The van der Waals surface area contributed by atoms with Gasteiger partial charge in [-0.05, 0) is 38.4 Å². The number of nitrogens with zero attached hydrogens (tertiary/aromatic N) is 7. The Bertz CT molecular complexity index is 1310. The summed E-state index contributed by atoms with van der Waals surface area (Å²) in [5.74, 6) is 0.451. The Morgan fingerprint density at radius 2 is 1.86 bits per heavy atom. The van der Waals surface area contributed by atoms with E-state index in [2.05, 4.69) is 46.8 Å². The molecule has 11 nitrogen and oxygen atoms in total. The van der Waals surface area contributed by atoms with Gasteiger partial charge in [-0.3, -0.25) is 4.68 Å². The lowest BCUT2D eigenvalue weighted by Crippen LogP contribution is -2.61.